The Morgan fingerprint density at radius 1 is 1.07 bits per heavy atom. The highest BCUT2D eigenvalue weighted by molar-refractivity contribution is 7.98. The smallest absolute Gasteiger partial charge is 0.237 e. The minimum absolute atomic E-state index is 0.234. The van der Waals surface area contributed by atoms with E-state index >= 15 is 0 Å². The van der Waals surface area contributed by atoms with Crippen LogP contribution in [0.1, 0.15) is 5.89 Å². The van der Waals surface area contributed by atoms with Gasteiger partial charge in [-0.1, -0.05) is 52.8 Å². The summed E-state index contributed by atoms with van der Waals surface area (Å²) in [6, 6.07) is 13.4. The van der Waals surface area contributed by atoms with Crippen molar-refractivity contribution in [1.29, 1.82) is 0 Å². The number of thioether (sulfide) groups is 1. The topological polar surface area (TPSA) is 95.7 Å². The lowest BCUT2D eigenvalue weighted by Gasteiger charge is -2.03. The molecule has 0 radical (unpaired) electrons. The monoisotopic (exact) mass is 402 g/mol. The lowest BCUT2D eigenvalue weighted by Crippen LogP contribution is -2.12. The molecule has 0 amide bonds. The fraction of sp³-hybridized carbons (Fsp3) is 0.0588. The molecule has 4 rings (SSSR count). The Labute approximate surface area is 162 Å². The zero-order valence-electron chi connectivity index (χ0n) is 13.7. The number of hydrogen-bond donors (Lipinski definition) is 1. The Kier molecular flexibility index (Phi) is 4.78. The van der Waals surface area contributed by atoms with Gasteiger partial charge in [-0.15, -0.1) is 10.2 Å². The second-order valence-corrected chi connectivity index (χ2v) is 6.79. The molecule has 0 bridgehead atoms. The summed E-state index contributed by atoms with van der Waals surface area (Å²) in [5.41, 5.74) is 0.959. The number of nitrogens with zero attached hydrogens (tertiary/aromatic N) is 5. The van der Waals surface area contributed by atoms with Gasteiger partial charge >= 0.3 is 0 Å². The maximum absolute atomic E-state index is 13.9. The number of hydrogen-bond acceptors (Lipinski definition) is 7. The van der Waals surface area contributed by atoms with Crippen LogP contribution in [0.25, 0.3) is 22.8 Å². The molecule has 4 aromatic rings. The minimum atomic E-state index is -0.422. The highest BCUT2D eigenvalue weighted by Gasteiger charge is 2.17. The zero-order valence-corrected chi connectivity index (χ0v) is 15.3. The summed E-state index contributed by atoms with van der Waals surface area (Å²) in [7, 11) is 0. The zero-order chi connectivity index (χ0) is 18.8. The Morgan fingerprint density at radius 3 is 2.59 bits per heavy atom. The first-order chi connectivity index (χ1) is 13.1. The van der Waals surface area contributed by atoms with Gasteiger partial charge < -0.3 is 10.4 Å². The summed E-state index contributed by atoms with van der Waals surface area (Å²) in [6.07, 6.45) is 0. The number of aromatic nitrogens is 5. The van der Waals surface area contributed by atoms with Gasteiger partial charge in [0.25, 0.3) is 0 Å². The van der Waals surface area contributed by atoms with Crippen LogP contribution in [0.2, 0.25) is 5.02 Å². The van der Waals surface area contributed by atoms with Gasteiger partial charge in [-0.25, -0.2) is 9.07 Å². The van der Waals surface area contributed by atoms with E-state index in [2.05, 4.69) is 20.3 Å². The van der Waals surface area contributed by atoms with E-state index < -0.39 is 5.82 Å². The van der Waals surface area contributed by atoms with Crippen LogP contribution in [-0.2, 0) is 5.75 Å². The van der Waals surface area contributed by atoms with Crippen LogP contribution in [0.15, 0.2) is 58.2 Å². The summed E-state index contributed by atoms with van der Waals surface area (Å²) in [4.78, 5) is 4.32. The van der Waals surface area contributed by atoms with Crippen LogP contribution in [0.4, 0.5) is 4.39 Å². The molecular formula is C17H12ClFN6OS. The maximum Gasteiger partial charge on any atom is 0.237 e. The number of rotatable bonds is 5. The van der Waals surface area contributed by atoms with Gasteiger partial charge in [0.05, 0.1) is 16.3 Å². The molecule has 7 nitrogen and oxygen atoms in total. The molecular weight excluding hydrogens is 391 g/mol. The number of halogens is 2. The number of nitrogens with two attached hydrogens (primary N) is 1. The molecule has 0 unspecified atom stereocenters. The van der Waals surface area contributed by atoms with Crippen molar-refractivity contribution in [3.8, 4) is 22.8 Å². The normalized spacial score (nSPS) is 11.0. The van der Waals surface area contributed by atoms with E-state index in [4.69, 9.17) is 22.0 Å². The van der Waals surface area contributed by atoms with E-state index in [-0.39, 0.29) is 11.4 Å². The van der Waals surface area contributed by atoms with E-state index in [1.807, 2.05) is 12.1 Å². The fourth-order valence-corrected chi connectivity index (χ4v) is 3.31. The van der Waals surface area contributed by atoms with Gasteiger partial charge in [-0.2, -0.15) is 4.98 Å². The minimum Gasteiger partial charge on any atom is -0.338 e. The highest BCUT2D eigenvalue weighted by atomic mass is 35.5. The van der Waals surface area contributed by atoms with Crippen molar-refractivity contribution in [2.24, 2.45) is 0 Å². The Balaban J connectivity index is 1.51. The highest BCUT2D eigenvalue weighted by Crippen LogP contribution is 2.28. The second-order valence-electron chi connectivity index (χ2n) is 5.44. The van der Waals surface area contributed by atoms with Crippen LogP contribution in [0.5, 0.6) is 0 Å². The molecule has 0 atom stereocenters. The second kappa shape index (κ2) is 7.37. The molecule has 136 valence electrons. The first kappa shape index (κ1) is 17.5. The lowest BCUT2D eigenvalue weighted by molar-refractivity contribution is 0.391. The third-order valence-electron chi connectivity index (χ3n) is 3.69. The quantitative estimate of drug-likeness (QED) is 0.400. The van der Waals surface area contributed by atoms with E-state index in [1.165, 1.54) is 22.5 Å². The Morgan fingerprint density at radius 2 is 1.81 bits per heavy atom. The number of nitrogen functional groups attached to an aromatic ring is 1. The molecule has 27 heavy (non-hydrogen) atoms. The molecule has 10 heteroatoms. The summed E-state index contributed by atoms with van der Waals surface area (Å²) >= 11 is 7.39. The summed E-state index contributed by atoms with van der Waals surface area (Å²) in [5.74, 6) is 6.92. The first-order valence-corrected chi connectivity index (χ1v) is 9.15. The van der Waals surface area contributed by atoms with Crippen LogP contribution in [0.3, 0.4) is 0 Å². The van der Waals surface area contributed by atoms with Crippen molar-refractivity contribution in [2.45, 2.75) is 10.9 Å². The summed E-state index contributed by atoms with van der Waals surface area (Å²) < 4.78 is 20.4. The molecule has 2 aromatic carbocycles. The van der Waals surface area contributed by atoms with Gasteiger partial charge in [-0.3, -0.25) is 0 Å². The molecule has 0 saturated heterocycles. The third kappa shape index (κ3) is 3.51. The average molecular weight is 403 g/mol. The molecule has 0 aliphatic rings. The van der Waals surface area contributed by atoms with Crippen molar-refractivity contribution < 1.29 is 8.91 Å². The predicted octanol–water partition coefficient (Wildman–Crippen LogP) is 3.79. The van der Waals surface area contributed by atoms with Crippen LogP contribution < -0.4 is 5.84 Å². The van der Waals surface area contributed by atoms with Gasteiger partial charge in [0.1, 0.15) is 5.82 Å². The largest absolute Gasteiger partial charge is 0.338 e. The summed E-state index contributed by atoms with van der Waals surface area (Å²) in [6.45, 7) is 0. The molecule has 0 aliphatic carbocycles. The number of benzene rings is 2. The summed E-state index contributed by atoms with van der Waals surface area (Å²) in [5, 5.41) is 12.8. The van der Waals surface area contributed by atoms with E-state index in [0.717, 1.165) is 0 Å². The molecule has 0 spiro atoms. The van der Waals surface area contributed by atoms with Crippen molar-refractivity contribution in [3.05, 3.63) is 65.3 Å². The van der Waals surface area contributed by atoms with Crippen LogP contribution >= 0.6 is 23.4 Å². The molecule has 2 aromatic heterocycles. The average Bonchev–Trinajstić information content (AvgIpc) is 3.28. The predicted molar refractivity (Wildman–Crippen MR) is 99.9 cm³/mol. The molecule has 2 heterocycles. The fourth-order valence-electron chi connectivity index (χ4n) is 2.39. The molecule has 0 saturated carbocycles. The van der Waals surface area contributed by atoms with Crippen molar-refractivity contribution >= 4 is 23.4 Å². The van der Waals surface area contributed by atoms with Gasteiger partial charge in [-0.05, 0) is 24.3 Å². The molecule has 0 aliphatic heterocycles. The van der Waals surface area contributed by atoms with Crippen molar-refractivity contribution in [3.63, 3.8) is 0 Å². The van der Waals surface area contributed by atoms with E-state index in [0.29, 0.717) is 33.2 Å². The molecule has 0 fully saturated rings. The third-order valence-corrected chi connectivity index (χ3v) is 4.94. The standard InChI is InChI=1S/C17H12ClFN6OS/c18-12-7-3-1-5-10(12)15-21-14(26-24-15)9-27-17-23-22-16(25(17)20)11-6-2-4-8-13(11)19/h1-8H,9,20H2. The first-order valence-electron chi connectivity index (χ1n) is 7.79. The SMILES string of the molecule is Nn1c(SCc2nc(-c3ccccc3Cl)no2)nnc1-c1ccccc1F. The van der Waals surface area contributed by atoms with Gasteiger partial charge in [0.2, 0.25) is 16.9 Å². The van der Waals surface area contributed by atoms with Gasteiger partial charge in [0, 0.05) is 5.56 Å². The maximum atomic E-state index is 13.9. The molecule has 2 N–H and O–H groups in total. The van der Waals surface area contributed by atoms with Crippen molar-refractivity contribution in [2.75, 3.05) is 5.84 Å². The lowest BCUT2D eigenvalue weighted by atomic mass is 10.2. The van der Waals surface area contributed by atoms with E-state index in [1.54, 1.807) is 30.3 Å². The van der Waals surface area contributed by atoms with Crippen molar-refractivity contribution in [1.82, 2.24) is 25.0 Å². The van der Waals surface area contributed by atoms with Crippen LogP contribution in [-0.4, -0.2) is 25.0 Å². The van der Waals surface area contributed by atoms with E-state index in [9.17, 15) is 4.39 Å². The van der Waals surface area contributed by atoms with Gasteiger partial charge in [0.15, 0.2) is 5.82 Å². The van der Waals surface area contributed by atoms with Crippen LogP contribution in [0, 0.1) is 5.82 Å². The Hall–Kier alpha value is -2.91. The Bertz CT molecular complexity index is 1100.